The van der Waals surface area contributed by atoms with Crippen molar-refractivity contribution in [3.05, 3.63) is 24.3 Å². The first-order chi connectivity index (χ1) is 7.77. The van der Waals surface area contributed by atoms with Crippen LogP contribution in [-0.2, 0) is 9.53 Å². The number of ether oxygens (including phenoxy) is 1. The van der Waals surface area contributed by atoms with Crippen LogP contribution in [0.1, 0.15) is 32.1 Å². The van der Waals surface area contributed by atoms with E-state index in [-0.39, 0.29) is 12.0 Å². The Morgan fingerprint density at radius 3 is 2.69 bits per heavy atom. The number of hydrogen-bond donors (Lipinski definition) is 0. The molecular formula is C14H20O2. The standard InChI is InChI=1S/C14H20O2/c1-3-10-8-9-13(16-2)14(15)12-7-5-4-6-11(10)12/h3,8,11-13H,1,4-7,9H2,2H3/t11-,12+,13+/m1/s1. The molecule has 0 saturated heterocycles. The molecule has 2 aliphatic carbocycles. The molecule has 88 valence electrons. The first-order valence-corrected chi connectivity index (χ1v) is 6.17. The average molecular weight is 220 g/mol. The summed E-state index contributed by atoms with van der Waals surface area (Å²) in [5, 5.41) is 0. The minimum atomic E-state index is -0.233. The SMILES string of the molecule is C=CC1=CC[C@H](OC)C(=O)[C@H]2CCCC[C@H]12. The number of rotatable bonds is 2. The van der Waals surface area contributed by atoms with Crippen LogP contribution in [0.4, 0.5) is 0 Å². The number of carbonyl (C=O) groups excluding carboxylic acids is 1. The summed E-state index contributed by atoms with van der Waals surface area (Å²) in [5.41, 5.74) is 1.26. The van der Waals surface area contributed by atoms with Crippen LogP contribution in [0.25, 0.3) is 0 Å². The van der Waals surface area contributed by atoms with Crippen molar-refractivity contribution in [2.24, 2.45) is 11.8 Å². The summed E-state index contributed by atoms with van der Waals surface area (Å²) < 4.78 is 5.30. The van der Waals surface area contributed by atoms with Crippen molar-refractivity contribution in [1.82, 2.24) is 0 Å². The second-order valence-electron chi connectivity index (χ2n) is 4.77. The smallest absolute Gasteiger partial charge is 0.165 e. The van der Waals surface area contributed by atoms with Crippen LogP contribution in [0.5, 0.6) is 0 Å². The summed E-state index contributed by atoms with van der Waals surface area (Å²) in [4.78, 5) is 12.3. The van der Waals surface area contributed by atoms with Crippen molar-refractivity contribution in [3.63, 3.8) is 0 Å². The normalized spacial score (nSPS) is 34.9. The minimum Gasteiger partial charge on any atom is -0.373 e. The average Bonchev–Trinajstić information content (AvgIpc) is 2.47. The van der Waals surface area contributed by atoms with Crippen LogP contribution in [0.2, 0.25) is 0 Å². The van der Waals surface area contributed by atoms with Gasteiger partial charge in [0.05, 0.1) is 0 Å². The maximum absolute atomic E-state index is 12.3. The lowest BCUT2D eigenvalue weighted by atomic mass is 9.73. The number of hydrogen-bond acceptors (Lipinski definition) is 2. The Hall–Kier alpha value is -0.890. The Kier molecular flexibility index (Phi) is 3.59. The Labute approximate surface area is 97.4 Å². The van der Waals surface area contributed by atoms with E-state index in [0.717, 1.165) is 12.8 Å². The van der Waals surface area contributed by atoms with Crippen LogP contribution in [0.3, 0.4) is 0 Å². The summed E-state index contributed by atoms with van der Waals surface area (Å²) in [6, 6.07) is 0. The number of carbonyl (C=O) groups is 1. The molecule has 2 heteroatoms. The van der Waals surface area contributed by atoms with Gasteiger partial charge in [0, 0.05) is 13.0 Å². The highest BCUT2D eigenvalue weighted by Crippen LogP contribution is 2.39. The summed E-state index contributed by atoms with van der Waals surface area (Å²) in [6.45, 7) is 3.87. The minimum absolute atomic E-state index is 0.172. The molecule has 2 aliphatic rings. The molecule has 0 amide bonds. The molecule has 0 bridgehead atoms. The lowest BCUT2D eigenvalue weighted by molar-refractivity contribution is -0.134. The second kappa shape index (κ2) is 4.96. The van der Waals surface area contributed by atoms with Crippen LogP contribution < -0.4 is 0 Å². The third-order valence-corrected chi connectivity index (χ3v) is 3.96. The van der Waals surface area contributed by atoms with E-state index in [1.807, 2.05) is 6.08 Å². The number of allylic oxidation sites excluding steroid dienone is 2. The van der Waals surface area contributed by atoms with Gasteiger partial charge in [-0.15, -0.1) is 0 Å². The van der Waals surface area contributed by atoms with Gasteiger partial charge in [0.1, 0.15) is 6.10 Å². The van der Waals surface area contributed by atoms with Gasteiger partial charge in [-0.05, 0) is 30.8 Å². The molecule has 2 rings (SSSR count). The number of fused-ring (bicyclic) bond motifs is 1. The predicted octanol–water partition coefficient (Wildman–Crippen LogP) is 2.89. The highest BCUT2D eigenvalue weighted by atomic mass is 16.5. The van der Waals surface area contributed by atoms with Crippen LogP contribution in [0.15, 0.2) is 24.3 Å². The summed E-state index contributed by atoms with van der Waals surface area (Å²) in [5.74, 6) is 0.879. The molecule has 0 aromatic heterocycles. The molecule has 2 nitrogen and oxygen atoms in total. The van der Waals surface area contributed by atoms with E-state index in [0.29, 0.717) is 18.1 Å². The van der Waals surface area contributed by atoms with Crippen molar-refractivity contribution >= 4 is 5.78 Å². The summed E-state index contributed by atoms with van der Waals surface area (Å²) in [6.07, 6.45) is 9.11. The zero-order valence-corrected chi connectivity index (χ0v) is 9.95. The van der Waals surface area contributed by atoms with Gasteiger partial charge in [0.15, 0.2) is 5.78 Å². The molecule has 16 heavy (non-hydrogen) atoms. The Bertz CT molecular complexity index is 317. The lowest BCUT2D eigenvalue weighted by Crippen LogP contribution is -2.34. The topological polar surface area (TPSA) is 26.3 Å². The molecular weight excluding hydrogens is 200 g/mol. The van der Waals surface area contributed by atoms with Crippen molar-refractivity contribution < 1.29 is 9.53 Å². The highest BCUT2D eigenvalue weighted by Gasteiger charge is 2.37. The van der Waals surface area contributed by atoms with E-state index < -0.39 is 0 Å². The fourth-order valence-corrected chi connectivity index (χ4v) is 3.07. The van der Waals surface area contributed by atoms with Crippen LogP contribution in [0, 0.1) is 11.8 Å². The van der Waals surface area contributed by atoms with Crippen molar-refractivity contribution in [2.45, 2.75) is 38.2 Å². The molecule has 1 saturated carbocycles. The molecule has 0 N–H and O–H groups in total. The zero-order valence-electron chi connectivity index (χ0n) is 9.95. The molecule has 0 aromatic carbocycles. The van der Waals surface area contributed by atoms with Gasteiger partial charge < -0.3 is 4.74 Å². The number of ketones is 1. The van der Waals surface area contributed by atoms with Gasteiger partial charge in [0.25, 0.3) is 0 Å². The van der Waals surface area contributed by atoms with E-state index in [9.17, 15) is 4.79 Å². The van der Waals surface area contributed by atoms with Crippen LogP contribution >= 0.6 is 0 Å². The fourth-order valence-electron chi connectivity index (χ4n) is 3.07. The fraction of sp³-hybridized carbons (Fsp3) is 0.643. The van der Waals surface area contributed by atoms with Gasteiger partial charge in [-0.25, -0.2) is 0 Å². The van der Waals surface area contributed by atoms with E-state index in [4.69, 9.17) is 4.74 Å². The third kappa shape index (κ3) is 1.99. The highest BCUT2D eigenvalue weighted by molar-refractivity contribution is 5.87. The third-order valence-electron chi connectivity index (χ3n) is 3.96. The van der Waals surface area contributed by atoms with Crippen molar-refractivity contribution in [1.29, 1.82) is 0 Å². The first-order valence-electron chi connectivity index (χ1n) is 6.17. The molecule has 1 fully saturated rings. The summed E-state index contributed by atoms with van der Waals surface area (Å²) >= 11 is 0. The molecule has 0 aliphatic heterocycles. The Morgan fingerprint density at radius 1 is 1.38 bits per heavy atom. The maximum atomic E-state index is 12.3. The summed E-state index contributed by atoms with van der Waals surface area (Å²) in [7, 11) is 1.63. The predicted molar refractivity (Wildman–Crippen MR) is 64.1 cm³/mol. The molecule has 3 atom stereocenters. The first kappa shape index (κ1) is 11.6. The Morgan fingerprint density at radius 2 is 2.06 bits per heavy atom. The van der Waals surface area contributed by atoms with Gasteiger partial charge >= 0.3 is 0 Å². The molecule has 0 aromatic rings. The molecule has 0 radical (unpaired) electrons. The van der Waals surface area contributed by atoms with Gasteiger partial charge in [-0.1, -0.05) is 31.6 Å². The van der Waals surface area contributed by atoms with Gasteiger partial charge in [0.2, 0.25) is 0 Å². The molecule has 0 unspecified atom stereocenters. The monoisotopic (exact) mass is 220 g/mol. The second-order valence-corrected chi connectivity index (χ2v) is 4.77. The quantitative estimate of drug-likeness (QED) is 0.715. The Balaban J connectivity index is 2.28. The lowest BCUT2D eigenvalue weighted by Gasteiger charge is -2.31. The van der Waals surface area contributed by atoms with E-state index in [1.165, 1.54) is 18.4 Å². The van der Waals surface area contributed by atoms with Crippen molar-refractivity contribution in [2.75, 3.05) is 7.11 Å². The zero-order chi connectivity index (χ0) is 11.5. The van der Waals surface area contributed by atoms with Crippen LogP contribution in [-0.4, -0.2) is 19.0 Å². The molecule has 0 spiro atoms. The number of Topliss-reactive ketones (excluding diaryl/α,β-unsaturated/α-hetero) is 1. The maximum Gasteiger partial charge on any atom is 0.165 e. The van der Waals surface area contributed by atoms with E-state index in [2.05, 4.69) is 12.7 Å². The molecule has 0 heterocycles. The largest absolute Gasteiger partial charge is 0.373 e. The van der Waals surface area contributed by atoms with Gasteiger partial charge in [-0.2, -0.15) is 0 Å². The van der Waals surface area contributed by atoms with E-state index in [1.54, 1.807) is 7.11 Å². The van der Waals surface area contributed by atoms with Crippen molar-refractivity contribution in [3.8, 4) is 0 Å². The van der Waals surface area contributed by atoms with Gasteiger partial charge in [-0.3, -0.25) is 4.79 Å². The number of methoxy groups -OCH3 is 1. The van der Waals surface area contributed by atoms with E-state index >= 15 is 0 Å².